The molecule has 20 heavy (non-hydrogen) atoms. The summed E-state index contributed by atoms with van der Waals surface area (Å²) in [7, 11) is 0. The molecule has 0 unspecified atom stereocenters. The Morgan fingerprint density at radius 1 is 1.00 bits per heavy atom. The molecule has 0 aromatic carbocycles. The van der Waals surface area contributed by atoms with Crippen molar-refractivity contribution >= 4 is 31.9 Å². The second-order valence-corrected chi connectivity index (χ2v) is 6.32. The maximum absolute atomic E-state index is 8.81. The maximum atomic E-state index is 8.81. The third kappa shape index (κ3) is 6.34. The van der Waals surface area contributed by atoms with E-state index in [2.05, 4.69) is 41.8 Å². The van der Waals surface area contributed by atoms with Crippen molar-refractivity contribution < 1.29 is 9.84 Å². The molecule has 0 aliphatic carbocycles. The van der Waals surface area contributed by atoms with Crippen molar-refractivity contribution in [2.45, 2.75) is 26.4 Å². The van der Waals surface area contributed by atoms with Crippen LogP contribution in [0, 0.1) is 0 Å². The fourth-order valence-electron chi connectivity index (χ4n) is 1.15. The highest BCUT2D eigenvalue weighted by molar-refractivity contribution is 9.10. The predicted octanol–water partition coefficient (Wildman–Crippen LogP) is 4.57. The average Bonchev–Trinajstić information content (AvgIpc) is 2.35. The van der Waals surface area contributed by atoms with Gasteiger partial charge in [-0.25, -0.2) is 9.97 Å². The second kappa shape index (κ2) is 7.59. The molecule has 0 saturated heterocycles. The standard InChI is InChI=1S/C9H12BrNO.C5H4BrNO/c1-9(2,3)12-7-5-4-6-11-8(7)10;6-5-4(8)2-1-3-7-5/h4-6H,1-3H3;1-3,8H. The van der Waals surface area contributed by atoms with E-state index in [0.717, 1.165) is 10.4 Å². The van der Waals surface area contributed by atoms with Crippen LogP contribution in [0.25, 0.3) is 0 Å². The first-order chi connectivity index (χ1) is 9.29. The first-order valence-corrected chi connectivity index (χ1v) is 7.47. The van der Waals surface area contributed by atoms with Crippen LogP contribution in [-0.2, 0) is 0 Å². The molecule has 4 nitrogen and oxygen atoms in total. The zero-order valence-electron chi connectivity index (χ0n) is 11.5. The van der Waals surface area contributed by atoms with Gasteiger partial charge in [0.1, 0.15) is 20.6 Å². The molecule has 1 N–H and O–H groups in total. The molecule has 0 spiro atoms. The monoisotopic (exact) mass is 402 g/mol. The summed E-state index contributed by atoms with van der Waals surface area (Å²) in [6.07, 6.45) is 3.32. The Morgan fingerprint density at radius 3 is 1.95 bits per heavy atom. The fraction of sp³-hybridized carbons (Fsp3) is 0.286. The smallest absolute Gasteiger partial charge is 0.152 e. The number of rotatable bonds is 1. The largest absolute Gasteiger partial charge is 0.505 e. The molecule has 2 rings (SSSR count). The van der Waals surface area contributed by atoms with E-state index in [-0.39, 0.29) is 11.4 Å². The average molecular weight is 404 g/mol. The molecule has 0 aliphatic rings. The molecule has 2 aromatic heterocycles. The molecule has 6 heteroatoms. The maximum Gasteiger partial charge on any atom is 0.152 e. The minimum atomic E-state index is -0.175. The molecule has 0 amide bonds. The Balaban J connectivity index is 0.000000217. The molecule has 0 aliphatic heterocycles. The van der Waals surface area contributed by atoms with Gasteiger partial charge in [-0.15, -0.1) is 0 Å². The van der Waals surface area contributed by atoms with Crippen molar-refractivity contribution in [2.75, 3.05) is 0 Å². The van der Waals surface area contributed by atoms with Gasteiger partial charge in [0.15, 0.2) is 5.75 Å². The zero-order chi connectivity index (χ0) is 15.2. The van der Waals surface area contributed by atoms with Crippen LogP contribution in [0.1, 0.15) is 20.8 Å². The Hall–Kier alpha value is -1.14. The summed E-state index contributed by atoms with van der Waals surface area (Å²) in [5.41, 5.74) is -0.175. The van der Waals surface area contributed by atoms with Crippen LogP contribution in [-0.4, -0.2) is 20.7 Å². The van der Waals surface area contributed by atoms with Gasteiger partial charge in [0.05, 0.1) is 0 Å². The number of aromatic hydroxyl groups is 1. The topological polar surface area (TPSA) is 55.2 Å². The SMILES string of the molecule is CC(C)(C)Oc1cccnc1Br.Oc1cccnc1Br. The number of ether oxygens (including phenoxy) is 1. The lowest BCUT2D eigenvalue weighted by molar-refractivity contribution is 0.129. The molecule has 0 fully saturated rings. The van der Waals surface area contributed by atoms with E-state index in [0.29, 0.717) is 4.60 Å². The molecule has 108 valence electrons. The van der Waals surface area contributed by atoms with E-state index in [1.54, 1.807) is 24.5 Å². The quantitative estimate of drug-likeness (QED) is 0.708. The van der Waals surface area contributed by atoms with Gasteiger partial charge in [-0.05, 0) is 76.9 Å². The van der Waals surface area contributed by atoms with Crippen LogP contribution in [0.5, 0.6) is 11.5 Å². The molecular formula is C14H16Br2N2O2. The lowest BCUT2D eigenvalue weighted by Crippen LogP contribution is -2.23. The molecule has 0 atom stereocenters. The van der Waals surface area contributed by atoms with E-state index in [9.17, 15) is 0 Å². The highest BCUT2D eigenvalue weighted by Crippen LogP contribution is 2.25. The summed E-state index contributed by atoms with van der Waals surface area (Å²) in [6, 6.07) is 6.98. The number of hydrogen-bond acceptors (Lipinski definition) is 4. The van der Waals surface area contributed by atoms with Gasteiger partial charge in [0.2, 0.25) is 0 Å². The number of aromatic nitrogens is 2. The Bertz CT molecular complexity index is 536. The normalized spacial score (nSPS) is 10.4. The summed E-state index contributed by atoms with van der Waals surface area (Å²) < 4.78 is 6.86. The van der Waals surface area contributed by atoms with Gasteiger partial charge < -0.3 is 9.84 Å². The van der Waals surface area contributed by atoms with Crippen molar-refractivity contribution in [3.05, 3.63) is 45.9 Å². The summed E-state index contributed by atoms with van der Waals surface area (Å²) in [4.78, 5) is 7.80. The van der Waals surface area contributed by atoms with Crippen molar-refractivity contribution in [1.82, 2.24) is 9.97 Å². The third-order valence-electron chi connectivity index (χ3n) is 1.88. The first kappa shape index (κ1) is 16.9. The van der Waals surface area contributed by atoms with Gasteiger partial charge in [-0.3, -0.25) is 0 Å². The Labute approximate surface area is 135 Å². The van der Waals surface area contributed by atoms with Crippen LogP contribution < -0.4 is 4.74 Å². The lowest BCUT2D eigenvalue weighted by Gasteiger charge is -2.21. The first-order valence-electron chi connectivity index (χ1n) is 5.88. The molecular weight excluding hydrogens is 388 g/mol. The number of pyridine rings is 2. The fourth-order valence-corrected chi connectivity index (χ4v) is 1.74. The summed E-state index contributed by atoms with van der Waals surface area (Å²) >= 11 is 6.35. The predicted molar refractivity (Wildman–Crippen MR) is 85.9 cm³/mol. The van der Waals surface area contributed by atoms with Crippen LogP contribution in [0.2, 0.25) is 0 Å². The van der Waals surface area contributed by atoms with Gasteiger partial charge in [0, 0.05) is 12.4 Å². The number of nitrogens with zero attached hydrogens (tertiary/aromatic N) is 2. The zero-order valence-corrected chi connectivity index (χ0v) is 14.6. The van der Waals surface area contributed by atoms with Crippen LogP contribution >= 0.6 is 31.9 Å². The molecule has 0 saturated carbocycles. The van der Waals surface area contributed by atoms with E-state index in [4.69, 9.17) is 9.84 Å². The Morgan fingerprint density at radius 2 is 1.55 bits per heavy atom. The third-order valence-corrected chi connectivity index (χ3v) is 3.09. The van der Waals surface area contributed by atoms with E-state index >= 15 is 0 Å². The molecule has 2 heterocycles. The van der Waals surface area contributed by atoms with E-state index in [1.807, 2.05) is 32.9 Å². The van der Waals surface area contributed by atoms with Crippen LogP contribution in [0.4, 0.5) is 0 Å². The lowest BCUT2D eigenvalue weighted by atomic mass is 10.2. The second-order valence-electron chi connectivity index (χ2n) is 4.82. The van der Waals surface area contributed by atoms with E-state index < -0.39 is 0 Å². The van der Waals surface area contributed by atoms with Crippen molar-refractivity contribution in [2.24, 2.45) is 0 Å². The summed E-state index contributed by atoms with van der Waals surface area (Å²) in [6.45, 7) is 6.02. The number of hydrogen-bond donors (Lipinski definition) is 1. The van der Waals surface area contributed by atoms with Gasteiger partial charge >= 0.3 is 0 Å². The molecule has 0 bridgehead atoms. The van der Waals surface area contributed by atoms with Crippen LogP contribution in [0.3, 0.4) is 0 Å². The number of halogens is 2. The van der Waals surface area contributed by atoms with Crippen LogP contribution in [0.15, 0.2) is 45.9 Å². The highest BCUT2D eigenvalue weighted by atomic mass is 79.9. The van der Waals surface area contributed by atoms with Gasteiger partial charge in [-0.2, -0.15) is 0 Å². The minimum absolute atomic E-state index is 0.174. The Kier molecular flexibility index (Phi) is 6.42. The van der Waals surface area contributed by atoms with Crippen molar-refractivity contribution in [3.63, 3.8) is 0 Å². The van der Waals surface area contributed by atoms with E-state index in [1.165, 1.54) is 0 Å². The van der Waals surface area contributed by atoms with Crippen molar-refractivity contribution in [3.8, 4) is 11.5 Å². The minimum Gasteiger partial charge on any atom is -0.505 e. The highest BCUT2D eigenvalue weighted by Gasteiger charge is 2.13. The van der Waals surface area contributed by atoms with Gasteiger partial charge in [0.25, 0.3) is 0 Å². The molecule has 0 radical (unpaired) electrons. The van der Waals surface area contributed by atoms with Crippen molar-refractivity contribution in [1.29, 1.82) is 0 Å². The summed E-state index contributed by atoms with van der Waals surface area (Å²) in [5, 5.41) is 8.81. The summed E-state index contributed by atoms with van der Waals surface area (Å²) in [5.74, 6) is 0.956. The molecule has 2 aromatic rings. The van der Waals surface area contributed by atoms with Gasteiger partial charge in [-0.1, -0.05) is 0 Å².